The highest BCUT2D eigenvalue weighted by Gasteiger charge is 1.71. The normalized spacial score (nSPS) is 7.20. The summed E-state index contributed by atoms with van der Waals surface area (Å²) in [7, 11) is -0.139. The topological polar surface area (TPSA) is 0 Å². The van der Waals surface area contributed by atoms with E-state index in [9.17, 15) is 0 Å². The van der Waals surface area contributed by atoms with Gasteiger partial charge in [0.15, 0.2) is 0 Å². The summed E-state index contributed by atoms with van der Waals surface area (Å²) in [5.41, 5.74) is 0. The van der Waals surface area contributed by atoms with Gasteiger partial charge in [0.2, 0.25) is 0 Å². The van der Waals surface area contributed by atoms with Crippen LogP contribution in [-0.2, 0) is 0 Å². The van der Waals surface area contributed by atoms with Crippen molar-refractivity contribution in [2.45, 2.75) is 19.6 Å². The molecule has 0 aliphatic heterocycles. The highest BCUT2D eigenvalue weighted by molar-refractivity contribution is 6.54. The third-order valence-electron chi connectivity index (χ3n) is 0. The quantitative estimate of drug-likeness (QED) is 0.319. The van der Waals surface area contributed by atoms with Crippen LogP contribution in [0.15, 0.2) is 0 Å². The maximum Gasteiger partial charge on any atom is 0.0274 e. The molecule has 0 radical (unpaired) electrons. The highest BCUT2D eigenvalue weighted by Crippen LogP contribution is 1.68. The fraction of sp³-hybridized carbons (Fsp3) is 1.00. The predicted octanol–water partition coefficient (Wildman–Crippen LogP) is -1.89. The summed E-state index contributed by atoms with van der Waals surface area (Å²) < 4.78 is 0. The fourth-order valence-electron chi connectivity index (χ4n) is 0. The summed E-state index contributed by atoms with van der Waals surface area (Å²) in [4.78, 5) is 0. The third-order valence-corrected chi connectivity index (χ3v) is 0. The van der Waals surface area contributed by atoms with Crippen molar-refractivity contribution in [3.05, 3.63) is 0 Å². The minimum atomic E-state index is -0.139. The first-order chi connectivity index (χ1) is 1.73. The molecule has 2 heteroatoms. The molecule has 0 bridgehead atoms. The Morgan fingerprint density at radius 3 is 1.00 bits per heavy atom. The zero-order valence-electron chi connectivity index (χ0n) is 3.96. The molecule has 0 aromatic heterocycles. The van der Waals surface area contributed by atoms with Gasteiger partial charge in [0, 0.05) is 8.80 Å². The SMILES string of the molecule is C[SiH](C)C.[Cl-]. The Labute approximate surface area is 41.6 Å². The maximum atomic E-state index is 2.31. The molecule has 0 aromatic rings. The van der Waals surface area contributed by atoms with E-state index >= 15 is 0 Å². The van der Waals surface area contributed by atoms with Gasteiger partial charge < -0.3 is 12.4 Å². The molecule has 0 N–H and O–H groups in total. The van der Waals surface area contributed by atoms with Crippen LogP contribution in [0.5, 0.6) is 0 Å². The van der Waals surface area contributed by atoms with Gasteiger partial charge in [-0.15, -0.1) is 0 Å². The maximum absolute atomic E-state index is 2.31. The fourth-order valence-corrected chi connectivity index (χ4v) is 0. The predicted molar refractivity (Wildman–Crippen MR) is 24.7 cm³/mol. The molecule has 5 heavy (non-hydrogen) atoms. The Morgan fingerprint density at radius 2 is 1.00 bits per heavy atom. The van der Waals surface area contributed by atoms with Crippen molar-refractivity contribution in [1.29, 1.82) is 0 Å². The van der Waals surface area contributed by atoms with E-state index in [2.05, 4.69) is 19.6 Å². The van der Waals surface area contributed by atoms with E-state index in [-0.39, 0.29) is 21.2 Å². The van der Waals surface area contributed by atoms with Crippen LogP contribution >= 0.6 is 0 Å². The third kappa shape index (κ3) is 110. The first-order valence-corrected chi connectivity index (χ1v) is 5.20. The van der Waals surface area contributed by atoms with Crippen molar-refractivity contribution >= 4 is 8.80 Å². The van der Waals surface area contributed by atoms with Crippen molar-refractivity contribution in [3.8, 4) is 0 Å². The van der Waals surface area contributed by atoms with Gasteiger partial charge in [0.25, 0.3) is 0 Å². The Balaban J connectivity index is 0. The van der Waals surface area contributed by atoms with Crippen molar-refractivity contribution < 1.29 is 12.4 Å². The lowest BCUT2D eigenvalue weighted by atomic mass is 11.8. The van der Waals surface area contributed by atoms with Crippen molar-refractivity contribution in [2.24, 2.45) is 0 Å². The molecule has 34 valence electrons. The van der Waals surface area contributed by atoms with Gasteiger partial charge in [-0.05, 0) is 0 Å². The second-order valence-electron chi connectivity index (χ2n) is 1.73. The van der Waals surface area contributed by atoms with E-state index < -0.39 is 0 Å². The second kappa shape index (κ2) is 4.51. The van der Waals surface area contributed by atoms with Crippen LogP contribution in [0.25, 0.3) is 0 Å². The molecular formula is C3H10ClSi-. The second-order valence-corrected chi connectivity index (χ2v) is 5.20. The minimum absolute atomic E-state index is 0. The average Bonchev–Trinajstić information content (AvgIpc) is 0.811. The molecule has 0 heterocycles. The highest BCUT2D eigenvalue weighted by atomic mass is 35.5. The standard InChI is InChI=1S/C3H10Si.ClH/c1-4(2)3;/h4H,1-3H3;1H/p-1. The van der Waals surface area contributed by atoms with Crippen molar-refractivity contribution in [1.82, 2.24) is 0 Å². The number of hydrogen-bond acceptors (Lipinski definition) is 0. The summed E-state index contributed by atoms with van der Waals surface area (Å²) in [6.45, 7) is 6.92. The Bertz CT molecular complexity index is 11.6. The molecule has 0 rings (SSSR count). The van der Waals surface area contributed by atoms with E-state index in [0.717, 1.165) is 0 Å². The Hall–Kier alpha value is 0.507. The summed E-state index contributed by atoms with van der Waals surface area (Å²) in [6, 6.07) is 0. The largest absolute Gasteiger partial charge is 1.00 e. The van der Waals surface area contributed by atoms with E-state index in [0.29, 0.717) is 0 Å². The first kappa shape index (κ1) is 9.10. The van der Waals surface area contributed by atoms with Crippen LogP contribution < -0.4 is 12.4 Å². The number of rotatable bonds is 0. The zero-order valence-corrected chi connectivity index (χ0v) is 5.87. The monoisotopic (exact) mass is 109 g/mol. The molecule has 0 amide bonds. The minimum Gasteiger partial charge on any atom is -1.00 e. The van der Waals surface area contributed by atoms with Gasteiger partial charge in [0.1, 0.15) is 0 Å². The molecule has 0 aliphatic rings. The molecule has 0 atom stereocenters. The molecule has 0 saturated heterocycles. The molecule has 0 unspecified atom stereocenters. The molecule has 0 aliphatic carbocycles. The van der Waals surface area contributed by atoms with Gasteiger partial charge in [0.05, 0.1) is 0 Å². The zero-order chi connectivity index (χ0) is 3.58. The van der Waals surface area contributed by atoms with E-state index in [1.54, 1.807) is 0 Å². The van der Waals surface area contributed by atoms with Crippen molar-refractivity contribution in [2.75, 3.05) is 0 Å². The van der Waals surface area contributed by atoms with Gasteiger partial charge in [-0.1, -0.05) is 19.6 Å². The lowest BCUT2D eigenvalue weighted by molar-refractivity contribution is -0.00000112. The lowest BCUT2D eigenvalue weighted by Gasteiger charge is -1.75. The van der Waals surface area contributed by atoms with Crippen molar-refractivity contribution in [3.63, 3.8) is 0 Å². The van der Waals surface area contributed by atoms with Crippen LogP contribution in [0.2, 0.25) is 19.6 Å². The van der Waals surface area contributed by atoms with E-state index in [1.807, 2.05) is 0 Å². The number of hydrogen-bond donors (Lipinski definition) is 0. The average molecular weight is 110 g/mol. The summed E-state index contributed by atoms with van der Waals surface area (Å²) in [6.07, 6.45) is 0. The van der Waals surface area contributed by atoms with Gasteiger partial charge >= 0.3 is 0 Å². The van der Waals surface area contributed by atoms with Crippen LogP contribution in [-0.4, -0.2) is 8.80 Å². The molecule has 0 saturated carbocycles. The van der Waals surface area contributed by atoms with E-state index in [4.69, 9.17) is 0 Å². The van der Waals surface area contributed by atoms with Crippen LogP contribution in [0.3, 0.4) is 0 Å². The molecule has 0 spiro atoms. The molecule has 0 fully saturated rings. The lowest BCUT2D eigenvalue weighted by Crippen LogP contribution is -3.00. The van der Waals surface area contributed by atoms with Crippen LogP contribution in [0.1, 0.15) is 0 Å². The van der Waals surface area contributed by atoms with Crippen LogP contribution in [0.4, 0.5) is 0 Å². The molecular weight excluding hydrogens is 99.6 g/mol. The summed E-state index contributed by atoms with van der Waals surface area (Å²) >= 11 is 0. The van der Waals surface area contributed by atoms with Gasteiger partial charge in [-0.3, -0.25) is 0 Å². The Kier molecular flexibility index (Phi) is 8.20. The number of halogens is 1. The van der Waals surface area contributed by atoms with Crippen LogP contribution in [0, 0.1) is 0 Å². The Morgan fingerprint density at radius 1 is 1.00 bits per heavy atom. The molecule has 0 aromatic carbocycles. The smallest absolute Gasteiger partial charge is 0.0274 e. The molecule has 0 nitrogen and oxygen atoms in total. The summed E-state index contributed by atoms with van der Waals surface area (Å²) in [5, 5.41) is 0. The van der Waals surface area contributed by atoms with Gasteiger partial charge in [-0.2, -0.15) is 0 Å². The van der Waals surface area contributed by atoms with E-state index in [1.165, 1.54) is 0 Å². The van der Waals surface area contributed by atoms with Gasteiger partial charge in [-0.25, -0.2) is 0 Å². The first-order valence-electron chi connectivity index (χ1n) is 1.73. The summed E-state index contributed by atoms with van der Waals surface area (Å²) in [5.74, 6) is 0.